The quantitative estimate of drug-likeness (QED) is 0.741. The van der Waals surface area contributed by atoms with Crippen LogP contribution < -0.4 is 5.32 Å². The summed E-state index contributed by atoms with van der Waals surface area (Å²) in [5, 5.41) is 9.91. The number of H-pyrrole nitrogens is 1. The van der Waals surface area contributed by atoms with Crippen molar-refractivity contribution in [3.05, 3.63) is 72.1 Å². The fourth-order valence-corrected chi connectivity index (χ4v) is 3.48. The maximum atomic E-state index is 13.3. The lowest BCUT2D eigenvalue weighted by Crippen LogP contribution is -2.49. The van der Waals surface area contributed by atoms with Crippen molar-refractivity contribution in [2.24, 2.45) is 0 Å². The van der Waals surface area contributed by atoms with Gasteiger partial charge in [-0.05, 0) is 36.2 Å². The summed E-state index contributed by atoms with van der Waals surface area (Å²) in [7, 11) is 0. The predicted molar refractivity (Wildman–Crippen MR) is 97.7 cm³/mol. The van der Waals surface area contributed by atoms with Crippen LogP contribution >= 0.6 is 0 Å². The summed E-state index contributed by atoms with van der Waals surface area (Å²) in [6.45, 7) is 1.09. The number of anilines is 1. The van der Waals surface area contributed by atoms with Crippen molar-refractivity contribution in [3.63, 3.8) is 0 Å². The van der Waals surface area contributed by atoms with Crippen molar-refractivity contribution in [3.8, 4) is 0 Å². The van der Waals surface area contributed by atoms with E-state index in [0.29, 0.717) is 24.7 Å². The van der Waals surface area contributed by atoms with Crippen molar-refractivity contribution in [2.45, 2.75) is 18.4 Å². The zero-order valence-corrected chi connectivity index (χ0v) is 14.5. The summed E-state index contributed by atoms with van der Waals surface area (Å²) in [5.74, 6) is 0.262. The Kier molecular flexibility index (Phi) is 4.78. The lowest BCUT2D eigenvalue weighted by molar-refractivity contribution is 0.0695. The van der Waals surface area contributed by atoms with Crippen LogP contribution in [0.25, 0.3) is 0 Å². The van der Waals surface area contributed by atoms with Gasteiger partial charge in [0.15, 0.2) is 0 Å². The fraction of sp³-hybridized carbons (Fsp3) is 0.263. The molecule has 7 nitrogen and oxygen atoms in total. The number of nitrogens with zero attached hydrogens (tertiary/aromatic N) is 4. The van der Waals surface area contributed by atoms with Crippen LogP contribution in [0.3, 0.4) is 0 Å². The van der Waals surface area contributed by atoms with Crippen molar-refractivity contribution in [2.75, 3.05) is 18.4 Å². The topological polar surface area (TPSA) is 86.8 Å². The summed E-state index contributed by atoms with van der Waals surface area (Å²) in [6.07, 6.45) is 5.64. The zero-order chi connectivity index (χ0) is 18.6. The monoisotopic (exact) mass is 366 g/mol. The molecule has 0 spiro atoms. The van der Waals surface area contributed by atoms with Gasteiger partial charge in [-0.25, -0.2) is 14.4 Å². The van der Waals surface area contributed by atoms with E-state index in [1.165, 1.54) is 12.1 Å². The van der Waals surface area contributed by atoms with Crippen LogP contribution in [0.2, 0.25) is 0 Å². The van der Waals surface area contributed by atoms with Gasteiger partial charge in [-0.1, -0.05) is 12.1 Å². The molecule has 0 unspecified atom stereocenters. The molecular formula is C19H19FN6O. The molecule has 2 N–H and O–H groups in total. The van der Waals surface area contributed by atoms with Crippen LogP contribution in [0.5, 0.6) is 0 Å². The van der Waals surface area contributed by atoms with E-state index in [2.05, 4.69) is 25.5 Å². The number of rotatable bonds is 4. The number of hydrogen-bond donors (Lipinski definition) is 2. The Hall–Kier alpha value is -3.29. The average Bonchev–Trinajstić information content (AvgIpc) is 3.24. The molecule has 1 aromatic carbocycles. The number of piperidine rings is 1. The van der Waals surface area contributed by atoms with E-state index in [1.807, 2.05) is 0 Å². The molecule has 3 heterocycles. The zero-order valence-electron chi connectivity index (χ0n) is 14.5. The minimum atomic E-state index is -0.262. The number of nitrogens with one attached hydrogen (secondary N) is 2. The minimum absolute atomic E-state index is 0.0918. The van der Waals surface area contributed by atoms with E-state index in [4.69, 9.17) is 0 Å². The molecule has 2 atom stereocenters. The van der Waals surface area contributed by atoms with E-state index in [1.54, 1.807) is 47.8 Å². The molecule has 2 aromatic heterocycles. The van der Waals surface area contributed by atoms with Gasteiger partial charge in [0.1, 0.15) is 11.5 Å². The van der Waals surface area contributed by atoms with Crippen molar-refractivity contribution in [1.82, 2.24) is 25.1 Å². The SMILES string of the molecule is O=C(c1ccn[nH]1)N1CC[C@@H](c2ccc(F)cc2)[C@H](Nc2ncccn2)C1. The second kappa shape index (κ2) is 7.53. The Labute approximate surface area is 155 Å². The largest absolute Gasteiger partial charge is 0.349 e. The second-order valence-corrected chi connectivity index (χ2v) is 6.49. The van der Waals surface area contributed by atoms with Crippen molar-refractivity contribution < 1.29 is 9.18 Å². The Balaban J connectivity index is 1.58. The standard InChI is InChI=1S/C19H19FN6O/c20-14-4-2-13(3-5-14)15-7-11-26(18(27)16-6-10-23-25-16)12-17(15)24-19-21-8-1-9-22-19/h1-6,8-10,15,17H,7,11-12H2,(H,23,25)(H,21,22,24)/t15-,17+/m0/s1. The van der Waals surface area contributed by atoms with E-state index in [-0.39, 0.29) is 23.7 Å². The van der Waals surface area contributed by atoms with E-state index < -0.39 is 0 Å². The van der Waals surface area contributed by atoms with Gasteiger partial charge in [0.05, 0.1) is 6.04 Å². The molecule has 4 rings (SSSR count). The second-order valence-electron chi connectivity index (χ2n) is 6.49. The molecule has 1 saturated heterocycles. The minimum Gasteiger partial charge on any atom is -0.349 e. The number of aromatic nitrogens is 4. The molecule has 0 bridgehead atoms. The van der Waals surface area contributed by atoms with Crippen LogP contribution in [0, 0.1) is 5.82 Å². The summed E-state index contributed by atoms with van der Waals surface area (Å²) >= 11 is 0. The van der Waals surface area contributed by atoms with Crippen molar-refractivity contribution >= 4 is 11.9 Å². The first-order chi connectivity index (χ1) is 13.2. The number of halogens is 1. The summed E-state index contributed by atoms with van der Waals surface area (Å²) in [6, 6.07) is 9.84. The number of hydrogen-bond acceptors (Lipinski definition) is 5. The highest BCUT2D eigenvalue weighted by atomic mass is 19.1. The van der Waals surface area contributed by atoms with Crippen LogP contribution in [-0.4, -0.2) is 50.1 Å². The summed E-state index contributed by atoms with van der Waals surface area (Å²) in [4.78, 5) is 22.9. The normalized spacial score (nSPS) is 19.7. The van der Waals surface area contributed by atoms with E-state index in [0.717, 1.165) is 12.0 Å². The first kappa shape index (κ1) is 17.1. The highest BCUT2D eigenvalue weighted by Crippen LogP contribution is 2.30. The third-order valence-electron chi connectivity index (χ3n) is 4.81. The Morgan fingerprint density at radius 1 is 1.15 bits per heavy atom. The maximum Gasteiger partial charge on any atom is 0.271 e. The van der Waals surface area contributed by atoms with E-state index >= 15 is 0 Å². The van der Waals surface area contributed by atoms with Gasteiger partial charge in [-0.3, -0.25) is 9.89 Å². The van der Waals surface area contributed by atoms with E-state index in [9.17, 15) is 9.18 Å². The average molecular weight is 366 g/mol. The van der Waals surface area contributed by atoms with Crippen LogP contribution in [0.4, 0.5) is 10.3 Å². The van der Waals surface area contributed by atoms with Crippen LogP contribution in [-0.2, 0) is 0 Å². The molecule has 8 heteroatoms. The van der Waals surface area contributed by atoms with Gasteiger partial charge in [-0.15, -0.1) is 0 Å². The first-order valence-electron chi connectivity index (χ1n) is 8.78. The third-order valence-corrected chi connectivity index (χ3v) is 4.81. The Bertz CT molecular complexity index is 884. The van der Waals surface area contributed by atoms with Crippen molar-refractivity contribution in [1.29, 1.82) is 0 Å². The van der Waals surface area contributed by atoms with Gasteiger partial charge in [0.2, 0.25) is 5.95 Å². The third kappa shape index (κ3) is 3.79. The molecule has 0 saturated carbocycles. The highest BCUT2D eigenvalue weighted by Gasteiger charge is 2.33. The first-order valence-corrected chi connectivity index (χ1v) is 8.78. The van der Waals surface area contributed by atoms with Gasteiger partial charge in [-0.2, -0.15) is 5.10 Å². The molecule has 138 valence electrons. The number of carbonyl (C=O) groups excluding carboxylic acids is 1. The number of aromatic amines is 1. The summed E-state index contributed by atoms with van der Waals surface area (Å²) in [5.41, 5.74) is 1.49. The molecule has 1 amide bonds. The molecular weight excluding hydrogens is 347 g/mol. The number of likely N-dealkylation sites (tertiary alicyclic amines) is 1. The number of carbonyl (C=O) groups is 1. The molecule has 0 aliphatic carbocycles. The predicted octanol–water partition coefficient (Wildman–Crippen LogP) is 2.45. The lowest BCUT2D eigenvalue weighted by Gasteiger charge is -2.39. The van der Waals surface area contributed by atoms with Gasteiger partial charge in [0.25, 0.3) is 5.91 Å². The Morgan fingerprint density at radius 3 is 2.63 bits per heavy atom. The Morgan fingerprint density at radius 2 is 1.93 bits per heavy atom. The molecule has 1 fully saturated rings. The molecule has 0 radical (unpaired) electrons. The van der Waals surface area contributed by atoms with Gasteiger partial charge < -0.3 is 10.2 Å². The molecule has 27 heavy (non-hydrogen) atoms. The number of amides is 1. The van der Waals surface area contributed by atoms with Gasteiger partial charge >= 0.3 is 0 Å². The smallest absolute Gasteiger partial charge is 0.271 e. The van der Waals surface area contributed by atoms with Gasteiger partial charge in [0, 0.05) is 37.6 Å². The van der Waals surface area contributed by atoms with Crippen LogP contribution in [0.15, 0.2) is 55.0 Å². The summed E-state index contributed by atoms with van der Waals surface area (Å²) < 4.78 is 13.3. The molecule has 3 aromatic rings. The fourth-order valence-electron chi connectivity index (χ4n) is 3.48. The highest BCUT2D eigenvalue weighted by molar-refractivity contribution is 5.92. The van der Waals surface area contributed by atoms with Crippen LogP contribution in [0.1, 0.15) is 28.4 Å². The number of benzene rings is 1. The molecule has 1 aliphatic heterocycles. The lowest BCUT2D eigenvalue weighted by atomic mass is 9.85. The maximum absolute atomic E-state index is 13.3. The molecule has 1 aliphatic rings.